The first-order valence-electron chi connectivity index (χ1n) is 10.2. The molecule has 0 bridgehead atoms. The molecular weight excluding hydrogens is 374 g/mol. The van der Waals surface area contributed by atoms with Gasteiger partial charge >= 0.3 is 0 Å². The van der Waals surface area contributed by atoms with Gasteiger partial charge in [-0.3, -0.25) is 4.79 Å². The highest BCUT2D eigenvalue weighted by Crippen LogP contribution is 2.23. The second kappa shape index (κ2) is 9.27. The third-order valence-electron chi connectivity index (χ3n) is 5.10. The number of amides is 1. The summed E-state index contributed by atoms with van der Waals surface area (Å²) in [6, 6.07) is 27.2. The van der Waals surface area contributed by atoms with Crippen molar-refractivity contribution in [3.8, 4) is 5.75 Å². The number of hydrogen-bond donors (Lipinski definition) is 1. The van der Waals surface area contributed by atoms with Gasteiger partial charge in [-0.05, 0) is 43.2 Å². The van der Waals surface area contributed by atoms with Crippen molar-refractivity contribution in [2.45, 2.75) is 26.0 Å². The predicted molar refractivity (Wildman–Crippen MR) is 118 cm³/mol. The molecule has 1 atom stereocenters. The SMILES string of the molecule is C[C@@H](C(=O)NCCc1ccccc1)n1c(COc2ccccc2)nc2ccccc21. The molecule has 30 heavy (non-hydrogen) atoms. The van der Waals surface area contributed by atoms with Crippen LogP contribution < -0.4 is 10.1 Å². The number of carbonyl (C=O) groups is 1. The summed E-state index contributed by atoms with van der Waals surface area (Å²) >= 11 is 0. The van der Waals surface area contributed by atoms with Crippen molar-refractivity contribution in [1.82, 2.24) is 14.9 Å². The van der Waals surface area contributed by atoms with Gasteiger partial charge < -0.3 is 14.6 Å². The van der Waals surface area contributed by atoms with Crippen LogP contribution in [0.25, 0.3) is 11.0 Å². The van der Waals surface area contributed by atoms with Crippen molar-refractivity contribution in [2.24, 2.45) is 0 Å². The van der Waals surface area contributed by atoms with Crippen molar-refractivity contribution in [3.63, 3.8) is 0 Å². The Labute approximate surface area is 176 Å². The molecule has 0 fully saturated rings. The van der Waals surface area contributed by atoms with E-state index in [1.165, 1.54) is 5.56 Å². The topological polar surface area (TPSA) is 56.2 Å². The Morgan fingerprint density at radius 3 is 2.40 bits per heavy atom. The Balaban J connectivity index is 1.50. The zero-order valence-corrected chi connectivity index (χ0v) is 17.0. The van der Waals surface area contributed by atoms with Crippen LogP contribution in [-0.2, 0) is 17.8 Å². The highest BCUT2D eigenvalue weighted by Gasteiger charge is 2.21. The molecule has 4 rings (SSSR count). The van der Waals surface area contributed by atoms with E-state index in [2.05, 4.69) is 17.4 Å². The van der Waals surface area contributed by atoms with Gasteiger partial charge in [0, 0.05) is 6.54 Å². The summed E-state index contributed by atoms with van der Waals surface area (Å²) in [5.74, 6) is 1.47. The number of rotatable bonds is 8. The van der Waals surface area contributed by atoms with Gasteiger partial charge in [0.15, 0.2) is 0 Å². The van der Waals surface area contributed by atoms with Crippen LogP contribution in [-0.4, -0.2) is 22.0 Å². The summed E-state index contributed by atoms with van der Waals surface area (Å²) in [4.78, 5) is 17.6. The molecule has 1 aromatic heterocycles. The zero-order chi connectivity index (χ0) is 20.8. The Morgan fingerprint density at radius 1 is 0.967 bits per heavy atom. The maximum atomic E-state index is 12.9. The second-order valence-corrected chi connectivity index (χ2v) is 7.19. The molecular formula is C25H25N3O2. The fourth-order valence-corrected chi connectivity index (χ4v) is 3.53. The van der Waals surface area contributed by atoms with E-state index in [-0.39, 0.29) is 5.91 Å². The fourth-order valence-electron chi connectivity index (χ4n) is 3.53. The number of benzene rings is 3. The lowest BCUT2D eigenvalue weighted by Crippen LogP contribution is -2.33. The van der Waals surface area contributed by atoms with Crippen LogP contribution in [0.15, 0.2) is 84.9 Å². The van der Waals surface area contributed by atoms with Gasteiger partial charge in [-0.15, -0.1) is 0 Å². The molecule has 1 amide bonds. The summed E-state index contributed by atoms with van der Waals surface area (Å²) in [6.45, 7) is 2.79. The van der Waals surface area contributed by atoms with E-state index < -0.39 is 6.04 Å². The summed E-state index contributed by atoms with van der Waals surface area (Å²) in [5.41, 5.74) is 2.98. The molecule has 0 unspecified atom stereocenters. The van der Waals surface area contributed by atoms with Gasteiger partial charge in [-0.2, -0.15) is 0 Å². The van der Waals surface area contributed by atoms with Crippen LogP contribution in [0.5, 0.6) is 5.75 Å². The number of ether oxygens (including phenoxy) is 1. The van der Waals surface area contributed by atoms with Crippen LogP contribution in [0.3, 0.4) is 0 Å². The first kappa shape index (κ1) is 19.7. The van der Waals surface area contributed by atoms with E-state index in [1.807, 2.05) is 84.3 Å². The van der Waals surface area contributed by atoms with Gasteiger partial charge in [-0.1, -0.05) is 60.7 Å². The molecule has 0 saturated carbocycles. The van der Waals surface area contributed by atoms with Crippen LogP contribution >= 0.6 is 0 Å². The Kier molecular flexibility index (Phi) is 6.09. The normalized spacial score (nSPS) is 11.9. The number of para-hydroxylation sites is 3. The molecule has 0 aliphatic heterocycles. The minimum Gasteiger partial charge on any atom is -0.486 e. The number of fused-ring (bicyclic) bond motifs is 1. The van der Waals surface area contributed by atoms with Crippen molar-refractivity contribution in [1.29, 1.82) is 0 Å². The lowest BCUT2D eigenvalue weighted by Gasteiger charge is -2.18. The molecule has 0 aliphatic carbocycles. The quantitative estimate of drug-likeness (QED) is 0.473. The summed E-state index contributed by atoms with van der Waals surface area (Å²) < 4.78 is 7.88. The van der Waals surface area contributed by atoms with E-state index >= 15 is 0 Å². The lowest BCUT2D eigenvalue weighted by atomic mass is 10.1. The summed E-state index contributed by atoms with van der Waals surface area (Å²) in [5, 5.41) is 3.06. The molecule has 0 aliphatic rings. The van der Waals surface area contributed by atoms with Crippen LogP contribution in [0.4, 0.5) is 0 Å². The minimum absolute atomic E-state index is 0.0324. The molecule has 152 valence electrons. The lowest BCUT2D eigenvalue weighted by molar-refractivity contribution is -0.123. The maximum absolute atomic E-state index is 12.9. The van der Waals surface area contributed by atoms with Crippen molar-refractivity contribution < 1.29 is 9.53 Å². The molecule has 0 saturated heterocycles. The molecule has 5 heteroatoms. The first-order valence-corrected chi connectivity index (χ1v) is 10.2. The summed E-state index contributed by atoms with van der Waals surface area (Å²) in [7, 11) is 0. The number of imidazole rings is 1. The van der Waals surface area contributed by atoms with E-state index in [9.17, 15) is 4.79 Å². The number of nitrogens with one attached hydrogen (secondary N) is 1. The van der Waals surface area contributed by atoms with Gasteiger partial charge in [0.2, 0.25) is 5.91 Å². The molecule has 0 radical (unpaired) electrons. The van der Waals surface area contributed by atoms with Crippen molar-refractivity contribution >= 4 is 16.9 Å². The Morgan fingerprint density at radius 2 is 1.63 bits per heavy atom. The average Bonchev–Trinajstić information content (AvgIpc) is 3.17. The van der Waals surface area contributed by atoms with Gasteiger partial charge in [0.1, 0.15) is 24.2 Å². The fraction of sp³-hybridized carbons (Fsp3) is 0.200. The van der Waals surface area contributed by atoms with Gasteiger partial charge in [0.25, 0.3) is 0 Å². The smallest absolute Gasteiger partial charge is 0.242 e. The first-order chi connectivity index (χ1) is 14.7. The largest absolute Gasteiger partial charge is 0.486 e. The molecule has 5 nitrogen and oxygen atoms in total. The van der Waals surface area contributed by atoms with E-state index in [4.69, 9.17) is 9.72 Å². The standard InChI is InChI=1S/C25H25N3O2/c1-19(25(29)26-17-16-20-10-4-2-5-11-20)28-23-15-9-8-14-22(23)27-24(28)18-30-21-12-6-3-7-13-21/h2-15,19H,16-18H2,1H3,(H,26,29)/t19-/m0/s1. The highest BCUT2D eigenvalue weighted by molar-refractivity contribution is 5.84. The Bertz CT molecular complexity index is 1110. The van der Waals surface area contributed by atoms with Crippen LogP contribution in [0, 0.1) is 0 Å². The number of carbonyl (C=O) groups excluding carboxylic acids is 1. The van der Waals surface area contributed by atoms with E-state index in [0.29, 0.717) is 13.2 Å². The van der Waals surface area contributed by atoms with Gasteiger partial charge in [-0.25, -0.2) is 4.98 Å². The van der Waals surface area contributed by atoms with Crippen LogP contribution in [0.1, 0.15) is 24.4 Å². The summed E-state index contributed by atoms with van der Waals surface area (Å²) in [6.07, 6.45) is 0.800. The molecule has 4 aromatic rings. The molecule has 1 heterocycles. The minimum atomic E-state index is -0.400. The third kappa shape index (κ3) is 4.51. The monoisotopic (exact) mass is 399 g/mol. The third-order valence-corrected chi connectivity index (χ3v) is 5.10. The Hall–Kier alpha value is -3.60. The number of hydrogen-bond acceptors (Lipinski definition) is 3. The van der Waals surface area contributed by atoms with Gasteiger partial charge in [0.05, 0.1) is 11.0 Å². The van der Waals surface area contributed by atoms with E-state index in [0.717, 1.165) is 29.0 Å². The maximum Gasteiger partial charge on any atom is 0.242 e. The number of nitrogens with zero attached hydrogens (tertiary/aromatic N) is 2. The van der Waals surface area contributed by atoms with Crippen molar-refractivity contribution in [3.05, 3.63) is 96.3 Å². The average molecular weight is 399 g/mol. The van der Waals surface area contributed by atoms with Crippen LogP contribution in [0.2, 0.25) is 0 Å². The molecule has 0 spiro atoms. The highest BCUT2D eigenvalue weighted by atomic mass is 16.5. The number of aromatic nitrogens is 2. The molecule has 1 N–H and O–H groups in total. The predicted octanol–water partition coefficient (Wildman–Crippen LogP) is 4.54. The van der Waals surface area contributed by atoms with Crippen molar-refractivity contribution in [2.75, 3.05) is 6.54 Å². The van der Waals surface area contributed by atoms with E-state index in [1.54, 1.807) is 0 Å². The molecule has 3 aromatic carbocycles. The zero-order valence-electron chi connectivity index (χ0n) is 17.0. The second-order valence-electron chi connectivity index (χ2n) is 7.19.